The molecule has 8 nitrogen and oxygen atoms in total. The van der Waals surface area contributed by atoms with Gasteiger partial charge >= 0.3 is 5.97 Å². The first kappa shape index (κ1) is 21.0. The third-order valence-electron chi connectivity index (χ3n) is 4.91. The van der Waals surface area contributed by atoms with Crippen LogP contribution < -0.4 is 23.8 Å². The van der Waals surface area contributed by atoms with Crippen molar-refractivity contribution < 1.29 is 23.7 Å². The zero-order valence-corrected chi connectivity index (χ0v) is 17.5. The quantitative estimate of drug-likeness (QED) is 0.596. The molecular formula is C22H23N3O5. The van der Waals surface area contributed by atoms with Gasteiger partial charge in [-0.2, -0.15) is 5.26 Å². The fourth-order valence-corrected chi connectivity index (χ4v) is 3.49. The number of fused-ring (bicyclic) bond motifs is 1. The number of rotatable bonds is 5. The topological polar surface area (TPSA) is 105 Å². The molecule has 156 valence electrons. The molecule has 30 heavy (non-hydrogen) atoms. The lowest BCUT2D eigenvalue weighted by atomic mass is 9.79. The van der Waals surface area contributed by atoms with Crippen molar-refractivity contribution in [2.75, 3.05) is 33.2 Å². The number of carbonyl (C=O) groups is 1. The third-order valence-corrected chi connectivity index (χ3v) is 4.91. The zero-order valence-electron chi connectivity index (χ0n) is 17.5. The number of hydrogen-bond acceptors (Lipinski definition) is 8. The average Bonchev–Trinajstić information content (AvgIpc) is 2.71. The van der Waals surface area contributed by atoms with E-state index in [4.69, 9.17) is 24.4 Å². The smallest absolute Gasteiger partial charge is 0.308 e. The normalized spacial score (nSPS) is 17.3. The molecule has 0 aliphatic carbocycles. The van der Waals surface area contributed by atoms with Crippen molar-refractivity contribution in [3.63, 3.8) is 0 Å². The third kappa shape index (κ3) is 3.74. The van der Waals surface area contributed by atoms with Crippen molar-refractivity contribution in [2.45, 2.75) is 12.8 Å². The minimum atomic E-state index is -0.836. The Morgan fingerprint density at radius 1 is 1.17 bits per heavy atom. The number of hydrogen-bond donors (Lipinski definition) is 1. The maximum absolute atomic E-state index is 11.5. The fourth-order valence-electron chi connectivity index (χ4n) is 3.49. The van der Waals surface area contributed by atoms with Gasteiger partial charge in [0.1, 0.15) is 11.7 Å². The summed E-state index contributed by atoms with van der Waals surface area (Å²) >= 11 is 0. The van der Waals surface area contributed by atoms with Gasteiger partial charge in [0, 0.05) is 44.3 Å². The molecule has 0 radical (unpaired) electrons. The molecule has 2 unspecified atom stereocenters. The maximum Gasteiger partial charge on any atom is 0.308 e. The number of methoxy groups -OCH3 is 2. The van der Waals surface area contributed by atoms with Gasteiger partial charge in [-0.3, -0.25) is 10.2 Å². The Labute approximate surface area is 175 Å². The minimum absolute atomic E-state index is 0.132. The Morgan fingerprint density at radius 3 is 2.30 bits per heavy atom. The van der Waals surface area contributed by atoms with Crippen LogP contribution in [0.25, 0.3) is 0 Å². The Hall–Kier alpha value is -3.73. The summed E-state index contributed by atoms with van der Waals surface area (Å²) in [5.74, 6) is -0.703. The van der Waals surface area contributed by atoms with Crippen LogP contribution in [0.4, 0.5) is 5.69 Å². The van der Waals surface area contributed by atoms with E-state index in [0.717, 1.165) is 11.3 Å². The molecule has 1 aliphatic rings. The summed E-state index contributed by atoms with van der Waals surface area (Å²) in [4.78, 5) is 13.4. The Balaban J connectivity index is 2.21. The minimum Gasteiger partial charge on any atom is -0.493 e. The van der Waals surface area contributed by atoms with Gasteiger partial charge in [0.2, 0.25) is 11.6 Å². The van der Waals surface area contributed by atoms with Crippen molar-refractivity contribution in [1.82, 2.24) is 0 Å². The van der Waals surface area contributed by atoms with E-state index in [2.05, 4.69) is 6.07 Å². The molecule has 2 atom stereocenters. The van der Waals surface area contributed by atoms with Gasteiger partial charge in [-0.15, -0.1) is 0 Å². The van der Waals surface area contributed by atoms with Crippen molar-refractivity contribution >= 4 is 17.6 Å². The summed E-state index contributed by atoms with van der Waals surface area (Å²) in [7, 11) is 6.73. The molecule has 1 N–H and O–H groups in total. The lowest BCUT2D eigenvalue weighted by Gasteiger charge is -2.31. The molecule has 0 fully saturated rings. The van der Waals surface area contributed by atoms with Gasteiger partial charge in [0.25, 0.3) is 0 Å². The summed E-state index contributed by atoms with van der Waals surface area (Å²) in [6.45, 7) is 1.29. The first-order valence-electron chi connectivity index (χ1n) is 9.22. The number of benzene rings is 2. The van der Waals surface area contributed by atoms with Crippen LogP contribution in [-0.2, 0) is 4.79 Å². The van der Waals surface area contributed by atoms with E-state index >= 15 is 0 Å². The summed E-state index contributed by atoms with van der Waals surface area (Å²) in [6, 6.07) is 11.2. The van der Waals surface area contributed by atoms with Gasteiger partial charge in [0.15, 0.2) is 11.5 Å². The number of esters is 1. The van der Waals surface area contributed by atoms with E-state index in [9.17, 15) is 10.1 Å². The zero-order chi connectivity index (χ0) is 22.0. The van der Waals surface area contributed by atoms with E-state index in [1.807, 2.05) is 37.2 Å². The molecular weight excluding hydrogens is 386 g/mol. The second-order valence-corrected chi connectivity index (χ2v) is 7.02. The monoisotopic (exact) mass is 409 g/mol. The van der Waals surface area contributed by atoms with Gasteiger partial charge in [-0.25, -0.2) is 0 Å². The Morgan fingerprint density at radius 2 is 1.80 bits per heavy atom. The highest BCUT2D eigenvalue weighted by Crippen LogP contribution is 2.47. The van der Waals surface area contributed by atoms with Gasteiger partial charge in [-0.1, -0.05) is 6.07 Å². The summed E-state index contributed by atoms with van der Waals surface area (Å²) in [5, 5.41) is 18.1. The van der Waals surface area contributed by atoms with Crippen LogP contribution in [0.2, 0.25) is 0 Å². The second kappa shape index (κ2) is 8.33. The highest BCUT2D eigenvalue weighted by molar-refractivity contribution is 5.86. The van der Waals surface area contributed by atoms with E-state index in [1.54, 1.807) is 12.1 Å². The molecule has 0 saturated heterocycles. The molecule has 1 heterocycles. The van der Waals surface area contributed by atoms with E-state index in [0.29, 0.717) is 22.8 Å². The van der Waals surface area contributed by atoms with Gasteiger partial charge in [0.05, 0.1) is 20.3 Å². The molecule has 0 aromatic heterocycles. The molecule has 1 aliphatic heterocycles. The number of ether oxygens (including phenoxy) is 4. The molecule has 2 aromatic rings. The molecule has 0 amide bonds. The van der Waals surface area contributed by atoms with Crippen LogP contribution in [0, 0.1) is 22.7 Å². The van der Waals surface area contributed by atoms with Gasteiger partial charge < -0.3 is 23.8 Å². The number of carbonyl (C=O) groups excluding carboxylic acids is 1. The molecule has 8 heteroatoms. The SMILES string of the molecule is COc1cc(C2c3ccc(N(C)C)cc3OC(=N)C2C#N)cc(OC)c1OC(C)=O. The molecule has 0 saturated carbocycles. The van der Waals surface area contributed by atoms with Crippen LogP contribution in [0.3, 0.4) is 0 Å². The first-order valence-corrected chi connectivity index (χ1v) is 9.22. The van der Waals surface area contributed by atoms with Crippen LogP contribution in [0.5, 0.6) is 23.0 Å². The van der Waals surface area contributed by atoms with E-state index < -0.39 is 17.8 Å². The molecule has 0 spiro atoms. The van der Waals surface area contributed by atoms with Crippen molar-refractivity contribution in [1.29, 1.82) is 10.7 Å². The second-order valence-electron chi connectivity index (χ2n) is 7.02. The summed E-state index contributed by atoms with van der Waals surface area (Å²) in [6.07, 6.45) is 0. The Kier molecular flexibility index (Phi) is 5.83. The van der Waals surface area contributed by atoms with Crippen LogP contribution >= 0.6 is 0 Å². The lowest BCUT2D eigenvalue weighted by molar-refractivity contribution is -0.132. The average molecular weight is 409 g/mol. The Bertz CT molecular complexity index is 1020. The standard InChI is InChI=1S/C22H23N3O5/c1-12(26)29-21-18(27-4)8-13(9-19(21)28-5)20-15-7-6-14(25(2)3)10-17(15)30-22(24)16(20)11-23/h6-10,16,20,24H,1-5H3. The largest absolute Gasteiger partial charge is 0.493 e. The number of nitrogens with zero attached hydrogens (tertiary/aromatic N) is 2. The van der Waals surface area contributed by atoms with Crippen LogP contribution in [0.15, 0.2) is 30.3 Å². The summed E-state index contributed by atoms with van der Waals surface area (Å²) in [5.41, 5.74) is 2.36. The molecule has 2 aromatic carbocycles. The molecule has 0 bridgehead atoms. The maximum atomic E-state index is 11.5. The fraction of sp³-hybridized carbons (Fsp3) is 0.318. The van der Waals surface area contributed by atoms with E-state index in [1.165, 1.54) is 21.1 Å². The highest BCUT2D eigenvalue weighted by atomic mass is 16.6. The molecule has 3 rings (SSSR count). The van der Waals surface area contributed by atoms with Crippen molar-refractivity contribution in [3.8, 4) is 29.1 Å². The van der Waals surface area contributed by atoms with Crippen LogP contribution in [-0.4, -0.2) is 40.2 Å². The number of nitriles is 1. The highest BCUT2D eigenvalue weighted by Gasteiger charge is 2.38. The van der Waals surface area contributed by atoms with Crippen molar-refractivity contribution in [2.24, 2.45) is 5.92 Å². The number of anilines is 1. The van der Waals surface area contributed by atoms with Crippen molar-refractivity contribution in [3.05, 3.63) is 41.5 Å². The predicted molar refractivity (Wildman–Crippen MR) is 111 cm³/mol. The van der Waals surface area contributed by atoms with Gasteiger partial charge in [-0.05, 0) is 23.8 Å². The summed E-state index contributed by atoms with van der Waals surface area (Å²) < 4.78 is 21.8. The predicted octanol–water partition coefficient (Wildman–Crippen LogP) is 3.34. The van der Waals surface area contributed by atoms with E-state index in [-0.39, 0.29) is 11.6 Å². The van der Waals surface area contributed by atoms with Crippen LogP contribution in [0.1, 0.15) is 24.0 Å². The lowest BCUT2D eigenvalue weighted by Crippen LogP contribution is -2.31. The first-order chi connectivity index (χ1) is 14.3. The number of nitrogens with one attached hydrogen (secondary N) is 1.